The van der Waals surface area contributed by atoms with Gasteiger partial charge in [-0.3, -0.25) is 9.59 Å². The second kappa shape index (κ2) is 10.3. The summed E-state index contributed by atoms with van der Waals surface area (Å²) >= 11 is 0. The van der Waals surface area contributed by atoms with E-state index in [1.165, 1.54) is 0 Å². The van der Waals surface area contributed by atoms with E-state index >= 15 is 0 Å². The molecule has 2 aromatic carbocycles. The largest absolute Gasteiger partial charge is 0.465 e. The van der Waals surface area contributed by atoms with E-state index < -0.39 is 17.6 Å². The first kappa shape index (κ1) is 26.0. The molecule has 7 nitrogen and oxygen atoms in total. The van der Waals surface area contributed by atoms with Crippen molar-refractivity contribution < 1.29 is 14.7 Å². The number of carbonyl (C=O) groups excluding carboxylic acids is 1. The molecule has 0 fully saturated rings. The van der Waals surface area contributed by atoms with Gasteiger partial charge in [-0.2, -0.15) is 0 Å². The van der Waals surface area contributed by atoms with Crippen LogP contribution in [0.3, 0.4) is 0 Å². The number of hydrogen-bond acceptors (Lipinski definition) is 3. The first-order valence-corrected chi connectivity index (χ1v) is 11.9. The zero-order chi connectivity index (χ0) is 25.9. The number of amides is 2. The number of aryl methyl sites for hydroxylation is 1. The van der Waals surface area contributed by atoms with E-state index in [1.54, 1.807) is 10.6 Å². The molecule has 0 radical (unpaired) electrons. The van der Waals surface area contributed by atoms with Gasteiger partial charge in [0.05, 0.1) is 11.7 Å². The van der Waals surface area contributed by atoms with E-state index in [0.29, 0.717) is 24.0 Å². The molecule has 3 aromatic rings. The second-order valence-electron chi connectivity index (χ2n) is 10.5. The Bertz CT molecular complexity index is 1290. The smallest absolute Gasteiger partial charge is 0.405 e. The van der Waals surface area contributed by atoms with Crippen molar-refractivity contribution in [2.75, 3.05) is 0 Å². The lowest BCUT2D eigenvalue weighted by Gasteiger charge is -2.35. The monoisotopic (exact) mass is 477 g/mol. The maximum absolute atomic E-state index is 13.9. The number of fused-ring (bicyclic) bond motifs is 1. The van der Waals surface area contributed by atoms with Crippen LogP contribution in [0.15, 0.2) is 53.3 Å². The minimum absolute atomic E-state index is 0.160. The van der Waals surface area contributed by atoms with Gasteiger partial charge in [0, 0.05) is 23.9 Å². The van der Waals surface area contributed by atoms with Crippen LogP contribution in [-0.2, 0) is 17.8 Å². The minimum Gasteiger partial charge on any atom is -0.465 e. The molecule has 0 bridgehead atoms. The third kappa shape index (κ3) is 5.91. The topological polar surface area (TPSA) is 114 Å². The molecule has 0 aliphatic heterocycles. The van der Waals surface area contributed by atoms with E-state index in [4.69, 9.17) is 5.73 Å². The summed E-state index contributed by atoms with van der Waals surface area (Å²) in [5.41, 5.74) is 7.92. The number of aromatic nitrogens is 1. The van der Waals surface area contributed by atoms with Gasteiger partial charge >= 0.3 is 6.09 Å². The fourth-order valence-corrected chi connectivity index (χ4v) is 4.51. The Labute approximate surface area is 206 Å². The Balaban J connectivity index is 2.51. The Morgan fingerprint density at radius 3 is 2.26 bits per heavy atom. The summed E-state index contributed by atoms with van der Waals surface area (Å²) in [7, 11) is 0. The lowest BCUT2D eigenvalue weighted by Crippen LogP contribution is -2.40. The minimum atomic E-state index is -1.15. The highest BCUT2D eigenvalue weighted by atomic mass is 16.4. The molecule has 1 aromatic heterocycles. The Hall–Kier alpha value is -3.61. The van der Waals surface area contributed by atoms with Crippen LogP contribution >= 0.6 is 0 Å². The summed E-state index contributed by atoms with van der Waals surface area (Å²) in [5, 5.41) is 13.7. The van der Waals surface area contributed by atoms with E-state index in [-0.39, 0.29) is 23.8 Å². The quantitative estimate of drug-likeness (QED) is 0.419. The van der Waals surface area contributed by atoms with Gasteiger partial charge in [0.25, 0.3) is 5.56 Å². The molecule has 1 atom stereocenters. The zero-order valence-electron chi connectivity index (χ0n) is 21.1. The highest BCUT2D eigenvalue weighted by molar-refractivity contribution is 5.98. The summed E-state index contributed by atoms with van der Waals surface area (Å²) in [5.74, 6) is -0.229. The molecule has 186 valence electrons. The summed E-state index contributed by atoms with van der Waals surface area (Å²) in [6.07, 6.45) is -0.489. The lowest BCUT2D eigenvalue weighted by atomic mass is 9.80. The van der Waals surface area contributed by atoms with Crippen LogP contribution in [-0.4, -0.2) is 21.7 Å². The first-order chi connectivity index (χ1) is 16.4. The van der Waals surface area contributed by atoms with Gasteiger partial charge in [-0.05, 0) is 40.3 Å². The number of pyridine rings is 1. The number of hydrogen-bond donors (Lipinski definition) is 3. The van der Waals surface area contributed by atoms with Crippen LogP contribution in [0.5, 0.6) is 0 Å². The fraction of sp³-hybridized carbons (Fsp3) is 0.393. The van der Waals surface area contributed by atoms with Gasteiger partial charge < -0.3 is 20.7 Å². The number of nitrogens with zero attached hydrogens (tertiary/aromatic N) is 1. The van der Waals surface area contributed by atoms with Crippen molar-refractivity contribution in [2.24, 2.45) is 17.1 Å². The highest BCUT2D eigenvalue weighted by Gasteiger charge is 2.34. The molecular weight excluding hydrogens is 442 g/mol. The molecular formula is C28H35N3O4. The third-order valence-electron chi connectivity index (χ3n) is 6.05. The van der Waals surface area contributed by atoms with Crippen molar-refractivity contribution in [2.45, 2.75) is 60.0 Å². The average molecular weight is 478 g/mol. The number of primary amides is 1. The highest BCUT2D eigenvalue weighted by Crippen LogP contribution is 2.41. The average Bonchev–Trinajstić information content (AvgIpc) is 2.77. The molecule has 7 heteroatoms. The van der Waals surface area contributed by atoms with Crippen LogP contribution < -0.4 is 16.6 Å². The lowest BCUT2D eigenvalue weighted by molar-refractivity contribution is -0.117. The molecule has 0 spiro atoms. The molecule has 0 aliphatic carbocycles. The summed E-state index contributed by atoms with van der Waals surface area (Å²) < 4.78 is 1.74. The maximum atomic E-state index is 13.9. The van der Waals surface area contributed by atoms with Crippen LogP contribution in [0.1, 0.15) is 58.3 Å². The molecule has 1 heterocycles. The number of rotatable bonds is 8. The molecule has 3 rings (SSSR count). The van der Waals surface area contributed by atoms with E-state index in [2.05, 4.69) is 5.32 Å². The molecule has 0 saturated heterocycles. The third-order valence-corrected chi connectivity index (χ3v) is 6.05. The number of carboxylic acid groups (broad SMARTS) is 1. The fourth-order valence-electron chi connectivity index (χ4n) is 4.51. The van der Waals surface area contributed by atoms with Gasteiger partial charge in [0.1, 0.15) is 0 Å². The van der Waals surface area contributed by atoms with Gasteiger partial charge in [0.2, 0.25) is 5.91 Å². The Morgan fingerprint density at radius 2 is 1.71 bits per heavy atom. The van der Waals surface area contributed by atoms with Crippen LogP contribution in [0, 0.1) is 11.3 Å². The normalized spacial score (nSPS) is 12.6. The summed E-state index contributed by atoms with van der Waals surface area (Å²) in [6, 6.07) is 14.7. The summed E-state index contributed by atoms with van der Waals surface area (Å²) in [4.78, 5) is 37.2. The molecule has 1 unspecified atom stereocenters. The number of nitrogens with one attached hydrogen (secondary N) is 1. The molecule has 4 N–H and O–H groups in total. The van der Waals surface area contributed by atoms with Gasteiger partial charge in [-0.15, -0.1) is 0 Å². The van der Waals surface area contributed by atoms with Gasteiger partial charge in [-0.25, -0.2) is 4.79 Å². The van der Waals surface area contributed by atoms with Gasteiger partial charge in [-0.1, -0.05) is 77.1 Å². The van der Waals surface area contributed by atoms with E-state index in [1.807, 2.05) is 77.1 Å². The molecule has 0 saturated carbocycles. The van der Waals surface area contributed by atoms with Crippen molar-refractivity contribution in [1.82, 2.24) is 9.88 Å². The summed E-state index contributed by atoms with van der Waals surface area (Å²) in [6.45, 7) is 10.4. The number of benzene rings is 2. The SMILES string of the molecule is CC(C)Cn1c(C(NC(=O)O)C(C)(C)C)c(-c2ccccc2)c2cc(CCC(N)=O)ccc2c1=O. The van der Waals surface area contributed by atoms with Crippen LogP contribution in [0.2, 0.25) is 0 Å². The molecule has 0 aliphatic rings. The zero-order valence-corrected chi connectivity index (χ0v) is 21.1. The first-order valence-electron chi connectivity index (χ1n) is 11.9. The van der Waals surface area contributed by atoms with E-state index in [0.717, 1.165) is 22.1 Å². The predicted molar refractivity (Wildman–Crippen MR) is 139 cm³/mol. The van der Waals surface area contributed by atoms with Crippen molar-refractivity contribution in [3.05, 3.63) is 70.1 Å². The number of carbonyl (C=O) groups is 2. The Kier molecular flexibility index (Phi) is 7.68. The van der Waals surface area contributed by atoms with Crippen molar-refractivity contribution in [1.29, 1.82) is 0 Å². The van der Waals surface area contributed by atoms with Gasteiger partial charge in [0.15, 0.2) is 0 Å². The molecule has 2 amide bonds. The van der Waals surface area contributed by atoms with E-state index in [9.17, 15) is 19.5 Å². The van der Waals surface area contributed by atoms with Crippen molar-refractivity contribution in [3.8, 4) is 11.1 Å². The van der Waals surface area contributed by atoms with Crippen LogP contribution in [0.4, 0.5) is 4.79 Å². The standard InChI is InChI=1S/C28H35N3O4/c1-17(2)16-31-24(25(28(3,4)5)30-27(34)35)23(19-9-7-6-8-10-19)21-15-18(12-14-22(29)32)11-13-20(21)26(31)33/h6-11,13,15,17,25,30H,12,14,16H2,1-5H3,(H2,29,32)(H,34,35). The number of nitrogens with two attached hydrogens (primary N) is 1. The molecule has 35 heavy (non-hydrogen) atoms. The van der Waals surface area contributed by atoms with Crippen LogP contribution in [0.25, 0.3) is 21.9 Å². The Morgan fingerprint density at radius 1 is 1.06 bits per heavy atom. The van der Waals surface area contributed by atoms with Crippen molar-refractivity contribution >= 4 is 22.8 Å². The second-order valence-corrected chi connectivity index (χ2v) is 10.5. The van der Waals surface area contributed by atoms with Crippen molar-refractivity contribution in [3.63, 3.8) is 0 Å². The maximum Gasteiger partial charge on any atom is 0.405 e. The predicted octanol–water partition coefficient (Wildman–Crippen LogP) is 5.10.